The number of hydrogen-bond donors (Lipinski definition) is 1. The van der Waals surface area contributed by atoms with Crippen LogP contribution in [0.25, 0.3) is 10.8 Å². The van der Waals surface area contributed by atoms with Crippen LogP contribution in [0.2, 0.25) is 0 Å². The highest BCUT2D eigenvalue weighted by Crippen LogP contribution is 2.31. The molecular weight excluding hydrogens is 358 g/mol. The van der Waals surface area contributed by atoms with Gasteiger partial charge in [-0.1, -0.05) is 30.3 Å². The fraction of sp³-hybridized carbons (Fsp3) is 0.190. The second-order valence-electron chi connectivity index (χ2n) is 6.57. The van der Waals surface area contributed by atoms with Gasteiger partial charge in [0.1, 0.15) is 0 Å². The van der Waals surface area contributed by atoms with Crippen LogP contribution in [0.15, 0.2) is 60.7 Å². The first-order chi connectivity index (χ1) is 13.6. The first-order valence-electron chi connectivity index (χ1n) is 9.03. The summed E-state index contributed by atoms with van der Waals surface area (Å²) in [4.78, 5) is 25.6. The normalized spacial score (nSPS) is 14.1. The lowest BCUT2D eigenvalue weighted by atomic mass is 10.1. The van der Waals surface area contributed by atoms with Crippen molar-refractivity contribution in [2.45, 2.75) is 0 Å². The monoisotopic (exact) mass is 377 g/mol. The minimum Gasteiger partial charge on any atom is -0.378 e. The topological polar surface area (TPSA) is 84.7 Å². The van der Waals surface area contributed by atoms with Gasteiger partial charge in [0.05, 0.1) is 29.5 Å². The minimum absolute atomic E-state index is 0.00908. The molecule has 3 aromatic carbocycles. The Balaban J connectivity index is 1.65. The number of anilines is 2. The van der Waals surface area contributed by atoms with E-state index in [1.54, 1.807) is 12.1 Å². The number of nitrogens with one attached hydrogen (secondary N) is 1. The number of non-ortho nitro benzene ring substituents is 1. The maximum atomic E-state index is 12.8. The average molecular weight is 377 g/mol. The van der Waals surface area contributed by atoms with Crippen molar-refractivity contribution in [3.63, 3.8) is 0 Å². The Morgan fingerprint density at radius 2 is 1.75 bits per heavy atom. The van der Waals surface area contributed by atoms with E-state index in [0.717, 1.165) is 10.8 Å². The third-order valence-corrected chi connectivity index (χ3v) is 4.80. The second-order valence-corrected chi connectivity index (χ2v) is 6.57. The van der Waals surface area contributed by atoms with E-state index in [1.807, 2.05) is 41.3 Å². The lowest BCUT2D eigenvalue weighted by Gasteiger charge is -2.30. The van der Waals surface area contributed by atoms with Crippen molar-refractivity contribution >= 4 is 33.7 Å². The number of amides is 1. The van der Waals surface area contributed by atoms with Crippen LogP contribution in [0.4, 0.5) is 17.1 Å². The van der Waals surface area contributed by atoms with Crippen molar-refractivity contribution < 1.29 is 14.5 Å². The van der Waals surface area contributed by atoms with Gasteiger partial charge in [0.2, 0.25) is 0 Å². The molecule has 3 aromatic rings. The maximum absolute atomic E-state index is 12.8. The molecule has 142 valence electrons. The average Bonchev–Trinajstić information content (AvgIpc) is 2.74. The number of carbonyl (C=O) groups excluding carboxylic acids is 1. The summed E-state index contributed by atoms with van der Waals surface area (Å²) < 4.78 is 5.37. The van der Waals surface area contributed by atoms with Crippen LogP contribution in [0.3, 0.4) is 0 Å². The van der Waals surface area contributed by atoms with Gasteiger partial charge >= 0.3 is 0 Å². The highest BCUT2D eigenvalue weighted by atomic mass is 16.6. The van der Waals surface area contributed by atoms with Gasteiger partial charge in [-0.2, -0.15) is 0 Å². The minimum atomic E-state index is -0.432. The molecule has 4 rings (SSSR count). The number of fused-ring (bicyclic) bond motifs is 1. The summed E-state index contributed by atoms with van der Waals surface area (Å²) in [6.07, 6.45) is 0. The molecule has 1 saturated heterocycles. The Hall–Kier alpha value is -3.45. The lowest BCUT2D eigenvalue weighted by molar-refractivity contribution is -0.384. The first kappa shape index (κ1) is 17.9. The zero-order valence-electron chi connectivity index (χ0n) is 15.1. The highest BCUT2D eigenvalue weighted by Gasteiger charge is 2.20. The van der Waals surface area contributed by atoms with Gasteiger partial charge < -0.3 is 15.0 Å². The molecule has 1 amide bonds. The molecule has 0 aromatic heterocycles. The molecule has 1 N–H and O–H groups in total. The number of carbonyl (C=O) groups is 1. The third-order valence-electron chi connectivity index (χ3n) is 4.80. The zero-order chi connectivity index (χ0) is 19.5. The molecule has 0 bridgehead atoms. The van der Waals surface area contributed by atoms with Crippen molar-refractivity contribution in [2.24, 2.45) is 0 Å². The van der Waals surface area contributed by atoms with E-state index >= 15 is 0 Å². The summed E-state index contributed by atoms with van der Waals surface area (Å²) in [5.74, 6) is -0.255. The number of nitrogens with zero attached hydrogens (tertiary/aromatic N) is 2. The molecular formula is C21H19N3O4. The molecule has 0 saturated carbocycles. The molecule has 1 aliphatic heterocycles. The molecule has 0 atom stereocenters. The van der Waals surface area contributed by atoms with Gasteiger partial charge in [0, 0.05) is 30.8 Å². The number of rotatable bonds is 4. The van der Waals surface area contributed by atoms with Gasteiger partial charge in [-0.05, 0) is 29.0 Å². The van der Waals surface area contributed by atoms with Crippen LogP contribution in [-0.4, -0.2) is 37.1 Å². The summed E-state index contributed by atoms with van der Waals surface area (Å²) in [7, 11) is 0. The van der Waals surface area contributed by atoms with Crippen LogP contribution in [0.1, 0.15) is 10.4 Å². The van der Waals surface area contributed by atoms with Gasteiger partial charge in [-0.25, -0.2) is 0 Å². The van der Waals surface area contributed by atoms with Crippen LogP contribution < -0.4 is 10.2 Å². The van der Waals surface area contributed by atoms with Crippen molar-refractivity contribution in [3.8, 4) is 0 Å². The maximum Gasteiger partial charge on any atom is 0.271 e. The Bertz CT molecular complexity index is 1040. The Labute approximate surface area is 161 Å². The Morgan fingerprint density at radius 3 is 2.50 bits per heavy atom. The van der Waals surface area contributed by atoms with Crippen molar-refractivity contribution in [1.82, 2.24) is 0 Å². The predicted molar refractivity (Wildman–Crippen MR) is 108 cm³/mol. The molecule has 28 heavy (non-hydrogen) atoms. The van der Waals surface area contributed by atoms with Crippen LogP contribution >= 0.6 is 0 Å². The van der Waals surface area contributed by atoms with Gasteiger partial charge in [0.15, 0.2) is 0 Å². The van der Waals surface area contributed by atoms with E-state index in [-0.39, 0.29) is 11.6 Å². The fourth-order valence-electron chi connectivity index (χ4n) is 3.33. The van der Waals surface area contributed by atoms with E-state index < -0.39 is 4.92 Å². The Morgan fingerprint density at radius 1 is 1.00 bits per heavy atom. The number of ether oxygens (including phenoxy) is 1. The summed E-state index contributed by atoms with van der Waals surface area (Å²) in [6, 6.07) is 17.8. The Kier molecular flexibility index (Phi) is 4.90. The van der Waals surface area contributed by atoms with E-state index in [2.05, 4.69) is 5.32 Å². The molecule has 0 unspecified atom stereocenters. The lowest BCUT2D eigenvalue weighted by Crippen LogP contribution is -2.36. The van der Waals surface area contributed by atoms with Crippen LogP contribution in [-0.2, 0) is 4.74 Å². The van der Waals surface area contributed by atoms with E-state index in [0.29, 0.717) is 43.2 Å². The summed E-state index contributed by atoms with van der Waals surface area (Å²) in [6.45, 7) is 2.31. The second kappa shape index (κ2) is 7.66. The molecule has 1 aliphatic rings. The molecule has 1 fully saturated rings. The van der Waals surface area contributed by atoms with Crippen LogP contribution in [0, 0.1) is 10.1 Å². The standard InChI is InChI=1S/C21H19N3O4/c25-21(17-6-5-15-3-1-2-4-16(15)13-17)22-19-8-7-18(24(26)27)14-20(19)23-9-11-28-12-10-23/h1-8,13-14H,9-12H2,(H,22,25). The largest absolute Gasteiger partial charge is 0.378 e. The SMILES string of the molecule is O=C(Nc1ccc([N+](=O)[O-])cc1N1CCOCC1)c1ccc2ccccc2c1. The summed E-state index contributed by atoms with van der Waals surface area (Å²) in [5, 5.41) is 16.1. The number of benzene rings is 3. The van der Waals surface area contributed by atoms with Gasteiger partial charge in [-0.3, -0.25) is 14.9 Å². The molecule has 0 spiro atoms. The fourth-order valence-corrected chi connectivity index (χ4v) is 3.33. The molecule has 0 aliphatic carbocycles. The number of morpholine rings is 1. The van der Waals surface area contributed by atoms with Crippen molar-refractivity contribution in [2.75, 3.05) is 36.5 Å². The molecule has 1 heterocycles. The number of hydrogen-bond acceptors (Lipinski definition) is 5. The predicted octanol–water partition coefficient (Wildman–Crippen LogP) is 3.84. The van der Waals surface area contributed by atoms with Crippen LogP contribution in [0.5, 0.6) is 0 Å². The van der Waals surface area contributed by atoms with Gasteiger partial charge in [-0.15, -0.1) is 0 Å². The first-order valence-corrected chi connectivity index (χ1v) is 9.03. The smallest absolute Gasteiger partial charge is 0.271 e. The zero-order valence-corrected chi connectivity index (χ0v) is 15.1. The summed E-state index contributed by atoms with van der Waals surface area (Å²) in [5.41, 5.74) is 1.70. The number of nitro groups is 1. The van der Waals surface area contributed by atoms with E-state index in [9.17, 15) is 14.9 Å². The van der Waals surface area contributed by atoms with Crippen molar-refractivity contribution in [1.29, 1.82) is 0 Å². The molecule has 7 nitrogen and oxygen atoms in total. The van der Waals surface area contributed by atoms with E-state index in [1.165, 1.54) is 12.1 Å². The van der Waals surface area contributed by atoms with E-state index in [4.69, 9.17) is 4.74 Å². The molecule has 7 heteroatoms. The summed E-state index contributed by atoms with van der Waals surface area (Å²) >= 11 is 0. The third kappa shape index (κ3) is 3.65. The highest BCUT2D eigenvalue weighted by molar-refractivity contribution is 6.08. The molecule has 0 radical (unpaired) electrons. The van der Waals surface area contributed by atoms with Gasteiger partial charge in [0.25, 0.3) is 11.6 Å². The number of nitro benzene ring substituents is 1. The van der Waals surface area contributed by atoms with Crippen molar-refractivity contribution in [3.05, 3.63) is 76.3 Å². The quantitative estimate of drug-likeness (QED) is 0.552.